The molecule has 554 valence electrons. The number of para-hydroxylation sites is 2. The number of benzene rings is 12. The van der Waals surface area contributed by atoms with Crippen molar-refractivity contribution >= 4 is 101 Å². The van der Waals surface area contributed by atoms with Crippen LogP contribution in [0, 0.1) is 0 Å². The van der Waals surface area contributed by atoms with Crippen LogP contribution in [0.15, 0.2) is 261 Å². The maximum Gasteiger partial charge on any atom is 0.252 e. The molecule has 2 aliphatic heterocycles. The molecule has 12 aromatic carbocycles. The number of anilines is 6. The van der Waals surface area contributed by atoms with Crippen molar-refractivity contribution < 1.29 is 11.0 Å². The highest BCUT2D eigenvalue weighted by Crippen LogP contribution is 2.56. The fourth-order valence-electron chi connectivity index (χ4n) is 16.9. The average Bonchev–Trinajstić information content (AvgIpc) is 1.52. The summed E-state index contributed by atoms with van der Waals surface area (Å²) in [6, 6.07) is 75.9. The van der Waals surface area contributed by atoms with Gasteiger partial charge < -0.3 is 18.9 Å². The van der Waals surface area contributed by atoms with Gasteiger partial charge in [-0.05, 0) is 203 Å². The highest BCUT2D eigenvalue weighted by molar-refractivity contribution is 7.00. The van der Waals surface area contributed by atoms with Crippen LogP contribution in [0.4, 0.5) is 34.1 Å². The summed E-state index contributed by atoms with van der Waals surface area (Å²) in [5.74, 6) is 0. The largest absolute Gasteiger partial charge is 0.310 e. The lowest BCUT2D eigenvalue weighted by Gasteiger charge is -2.47. The number of fused-ring (bicyclic) bond motifs is 10. The average molecular weight is 1460 g/mol. The van der Waals surface area contributed by atoms with Crippen LogP contribution < -0.4 is 26.2 Å². The Kier molecular flexibility index (Phi) is 14.8. The molecule has 111 heavy (non-hydrogen) atoms. The van der Waals surface area contributed by atoms with E-state index in [1.165, 1.54) is 27.5 Å². The van der Waals surface area contributed by atoms with Gasteiger partial charge in [-0.1, -0.05) is 297 Å². The molecule has 0 spiro atoms. The maximum atomic E-state index is 10.00. The molecular weight excluding hydrogens is 1340 g/mol. The molecule has 0 N–H and O–H groups in total. The van der Waals surface area contributed by atoms with Crippen LogP contribution in [0.3, 0.4) is 0 Å². The van der Waals surface area contributed by atoms with E-state index in [-0.39, 0.29) is 66.4 Å². The zero-order chi connectivity index (χ0) is 85.1. The van der Waals surface area contributed by atoms with Crippen molar-refractivity contribution in [2.24, 2.45) is 0 Å². The predicted molar refractivity (Wildman–Crippen MR) is 480 cm³/mol. The molecule has 0 saturated carbocycles. The van der Waals surface area contributed by atoms with E-state index in [0.717, 1.165) is 134 Å². The molecule has 5 heterocycles. The minimum atomic E-state index is -0.531. The molecule has 0 saturated heterocycles. The number of hydrogen-bond acceptors (Lipinski definition) is 3. The topological polar surface area (TPSA) is 29.2 Å². The normalized spacial score (nSPS) is 14.6. The Morgan fingerprint density at radius 3 is 0.964 bits per heavy atom. The van der Waals surface area contributed by atoms with Gasteiger partial charge in [0.15, 0.2) is 0 Å². The fraction of sp³-hybridized carbons (Fsp3) is 0.267. The van der Waals surface area contributed by atoms with Gasteiger partial charge in [-0.25, -0.2) is 0 Å². The van der Waals surface area contributed by atoms with Gasteiger partial charge in [-0.15, -0.1) is 0 Å². The summed E-state index contributed by atoms with van der Waals surface area (Å²) in [6.07, 6.45) is 0. The number of aromatic nitrogens is 3. The Morgan fingerprint density at radius 2 is 0.613 bits per heavy atom. The van der Waals surface area contributed by atoms with Gasteiger partial charge in [0.1, 0.15) is 0 Å². The van der Waals surface area contributed by atoms with Crippen molar-refractivity contribution in [2.75, 3.05) is 9.80 Å². The minimum Gasteiger partial charge on any atom is -0.310 e. The minimum absolute atomic E-state index is 0.00992. The van der Waals surface area contributed by atoms with E-state index in [0.29, 0.717) is 5.69 Å². The Balaban J connectivity index is 1.11. The van der Waals surface area contributed by atoms with Crippen molar-refractivity contribution in [3.05, 3.63) is 300 Å². The van der Waals surface area contributed by atoms with Crippen LogP contribution >= 0.6 is 0 Å². The van der Waals surface area contributed by atoms with Crippen LogP contribution in [-0.4, -0.2) is 20.8 Å². The number of pyridine rings is 1. The van der Waals surface area contributed by atoms with E-state index >= 15 is 0 Å². The Bertz CT molecular complexity index is 6500. The standard InChI is InChI=1S/C105H106BN5/c1-99(2,3)69-45-51-88-82(55-69)83-56-70(100(4,5)6)46-52-89(83)109(88)75-48-50-84-90(64-75)110(97-78(65-35-25-22-26-36-65)57-71(101(7,8)9)58-79(97)66-37-27-23-28-38-66)92-61-73(103(13,14)15)62-93-96(92)106(84)85-49-47-74(108-86-43-33-31-41-76(86)77-42-32-34-44-87(77)108)63-91(85)111(93)98-80(67-39-29-24-30-40-67)59-72(102(10,11)12)60-81(98)68-53-94(104(16,17)18)107-95(54-68)105(19,20)21/h22-64H,1-21H3/i31D,32D,33D,34D,41D,42D,43D,44D. The van der Waals surface area contributed by atoms with Crippen LogP contribution in [0.1, 0.15) is 196 Å². The third kappa shape index (κ3) is 12.5. The molecule has 0 amide bonds. The van der Waals surface area contributed by atoms with E-state index in [1.807, 2.05) is 6.07 Å². The van der Waals surface area contributed by atoms with E-state index in [2.05, 4.69) is 366 Å². The lowest BCUT2D eigenvalue weighted by atomic mass is 9.33. The summed E-state index contributed by atoms with van der Waals surface area (Å²) in [7, 11) is 0. The van der Waals surface area contributed by atoms with E-state index in [9.17, 15) is 11.0 Å². The zero-order valence-corrected chi connectivity index (χ0v) is 68.5. The van der Waals surface area contributed by atoms with Crippen molar-refractivity contribution in [1.29, 1.82) is 0 Å². The van der Waals surface area contributed by atoms with Gasteiger partial charge in [0.05, 0.1) is 44.4 Å². The van der Waals surface area contributed by atoms with E-state index in [4.69, 9.17) is 4.98 Å². The lowest BCUT2D eigenvalue weighted by molar-refractivity contribution is 0.531. The quantitative estimate of drug-likeness (QED) is 0.142. The summed E-state index contributed by atoms with van der Waals surface area (Å²) >= 11 is 0. The SMILES string of the molecule is [2H]c1c([2H])c([2H])c2c(c1[2H])c1c([2H])c([2H])c([2H])c([2H])c1n2-c1ccc2c(c1)N(c1c(-c3ccccc3)cc(C(C)(C)C)cc1-c1cc(C(C)(C)C)nc(C(C)(C)C)c1)c1cc(C(C)(C)C)cc3c1B2c1ccc(-n2c4ccc(C(C)(C)C)cc4c4cc(C(C)(C)C)ccc42)cc1N3c1c(-c2ccccc2)cc(C(C)(C)C)cc1-c1ccccc1. The number of hydrogen-bond donors (Lipinski definition) is 0. The van der Waals surface area contributed by atoms with Crippen LogP contribution in [0.5, 0.6) is 0 Å². The van der Waals surface area contributed by atoms with Crippen molar-refractivity contribution in [2.45, 2.75) is 183 Å². The van der Waals surface area contributed by atoms with Gasteiger partial charge in [-0.2, -0.15) is 0 Å². The molecule has 0 atom stereocenters. The van der Waals surface area contributed by atoms with Gasteiger partial charge in [0.25, 0.3) is 6.71 Å². The predicted octanol–water partition coefficient (Wildman–Crippen LogP) is 27.1. The first kappa shape index (κ1) is 63.8. The van der Waals surface area contributed by atoms with Crippen molar-refractivity contribution in [3.8, 4) is 55.9 Å². The second kappa shape index (κ2) is 25.8. The molecule has 0 radical (unpaired) electrons. The summed E-state index contributed by atoms with van der Waals surface area (Å²) in [6.45, 7) is 47.3. The van der Waals surface area contributed by atoms with Gasteiger partial charge in [0, 0.05) is 100 Å². The smallest absolute Gasteiger partial charge is 0.252 e. The summed E-state index contributed by atoms with van der Waals surface area (Å²) in [4.78, 5) is 10.7. The van der Waals surface area contributed by atoms with Gasteiger partial charge in [-0.3, -0.25) is 4.98 Å². The molecule has 15 aromatic rings. The van der Waals surface area contributed by atoms with Gasteiger partial charge >= 0.3 is 0 Å². The van der Waals surface area contributed by atoms with Crippen LogP contribution in [0.2, 0.25) is 0 Å². The van der Waals surface area contributed by atoms with Crippen LogP contribution in [-0.2, 0) is 37.9 Å². The molecule has 0 bridgehead atoms. The Labute approximate surface area is 671 Å². The molecular formula is C105H106BN5. The van der Waals surface area contributed by atoms with Crippen molar-refractivity contribution in [1.82, 2.24) is 14.1 Å². The summed E-state index contributed by atoms with van der Waals surface area (Å²) in [5.41, 5.74) is 25.9. The molecule has 17 rings (SSSR count). The van der Waals surface area contributed by atoms with Crippen LogP contribution in [0.25, 0.3) is 99.5 Å². The second-order valence-electron chi connectivity index (χ2n) is 38.4. The highest BCUT2D eigenvalue weighted by Gasteiger charge is 2.47. The van der Waals surface area contributed by atoms with E-state index < -0.39 is 48.4 Å². The Hall–Kier alpha value is -10.9. The highest BCUT2D eigenvalue weighted by atomic mass is 15.2. The lowest BCUT2D eigenvalue weighted by Crippen LogP contribution is -2.61. The number of rotatable bonds is 8. The second-order valence-corrected chi connectivity index (χ2v) is 38.4. The molecule has 0 aliphatic carbocycles. The first-order valence-electron chi connectivity index (χ1n) is 43.5. The molecule has 5 nitrogen and oxygen atoms in total. The monoisotopic (exact) mass is 1460 g/mol. The Morgan fingerprint density at radius 1 is 0.279 bits per heavy atom. The molecule has 0 fully saturated rings. The molecule has 2 aliphatic rings. The first-order valence-corrected chi connectivity index (χ1v) is 39.5. The first-order chi connectivity index (χ1) is 55.8. The van der Waals surface area contributed by atoms with Crippen molar-refractivity contribution in [3.63, 3.8) is 0 Å². The maximum absolute atomic E-state index is 10.00. The molecule has 6 heteroatoms. The van der Waals surface area contributed by atoms with E-state index in [1.54, 1.807) is 4.57 Å². The third-order valence-corrected chi connectivity index (χ3v) is 23.3. The summed E-state index contributed by atoms with van der Waals surface area (Å²) in [5, 5.41) is 2.38. The zero-order valence-electron chi connectivity index (χ0n) is 76.5. The molecule has 0 unspecified atom stereocenters. The summed E-state index contributed by atoms with van der Waals surface area (Å²) < 4.78 is 80.8. The van der Waals surface area contributed by atoms with Gasteiger partial charge in [0.2, 0.25) is 0 Å². The third-order valence-electron chi connectivity index (χ3n) is 23.3. The fourth-order valence-corrected chi connectivity index (χ4v) is 16.9. The molecule has 3 aromatic heterocycles. The number of nitrogens with zero attached hydrogens (tertiary/aromatic N) is 5.